The highest BCUT2D eigenvalue weighted by atomic mass is 32.1. The molecule has 1 aromatic heterocycles. The Bertz CT molecular complexity index is 382. The van der Waals surface area contributed by atoms with E-state index in [-0.39, 0.29) is 0 Å². The molecule has 1 N–H and O–H groups in total. The fourth-order valence-electron chi connectivity index (χ4n) is 1.20. The van der Waals surface area contributed by atoms with E-state index in [0.717, 1.165) is 17.6 Å². The molecule has 2 aromatic rings. The molecular weight excluding hydrogens is 170 g/mol. The van der Waals surface area contributed by atoms with Gasteiger partial charge < -0.3 is 5.32 Å². The fraction of sp³-hybridized carbons (Fsp3) is 0.250. The predicted octanol–water partition coefficient (Wildman–Crippen LogP) is 1.41. The molecule has 0 bridgehead atoms. The quantitative estimate of drug-likeness (QED) is 0.757. The van der Waals surface area contributed by atoms with Crippen LogP contribution in [0.15, 0.2) is 18.2 Å². The van der Waals surface area contributed by atoms with E-state index in [9.17, 15) is 0 Å². The highest BCUT2D eigenvalue weighted by molar-refractivity contribution is 7.00. The van der Waals surface area contributed by atoms with Gasteiger partial charge in [0.15, 0.2) is 0 Å². The standard InChI is InChI=1S/C8H9N3S/c1-9-5-6-3-2-4-7-8(6)11-12-10-7/h2-4,9H,5H2,1H3. The Morgan fingerprint density at radius 3 is 3.17 bits per heavy atom. The van der Waals surface area contributed by atoms with Crippen LogP contribution in [0.3, 0.4) is 0 Å². The molecule has 0 fully saturated rings. The lowest BCUT2D eigenvalue weighted by Crippen LogP contribution is -2.05. The van der Waals surface area contributed by atoms with Crippen LogP contribution in [-0.2, 0) is 6.54 Å². The van der Waals surface area contributed by atoms with Crippen molar-refractivity contribution in [3.05, 3.63) is 23.8 Å². The molecule has 62 valence electrons. The number of rotatable bonds is 2. The Balaban J connectivity index is 2.57. The molecule has 0 aliphatic heterocycles. The largest absolute Gasteiger partial charge is 0.316 e. The van der Waals surface area contributed by atoms with E-state index >= 15 is 0 Å². The maximum Gasteiger partial charge on any atom is 0.109 e. The highest BCUT2D eigenvalue weighted by Crippen LogP contribution is 2.15. The van der Waals surface area contributed by atoms with Gasteiger partial charge in [0.25, 0.3) is 0 Å². The highest BCUT2D eigenvalue weighted by Gasteiger charge is 2.02. The fourth-order valence-corrected chi connectivity index (χ4v) is 1.76. The van der Waals surface area contributed by atoms with Crippen LogP contribution in [0.1, 0.15) is 5.56 Å². The number of hydrogen-bond donors (Lipinski definition) is 1. The third-order valence-electron chi connectivity index (χ3n) is 1.74. The van der Waals surface area contributed by atoms with E-state index < -0.39 is 0 Å². The van der Waals surface area contributed by atoms with E-state index in [2.05, 4.69) is 20.1 Å². The molecule has 4 heteroatoms. The SMILES string of the molecule is CNCc1cccc2nsnc12. The summed E-state index contributed by atoms with van der Waals surface area (Å²) in [6.45, 7) is 0.850. The summed E-state index contributed by atoms with van der Waals surface area (Å²) in [7, 11) is 1.93. The van der Waals surface area contributed by atoms with E-state index in [1.807, 2.05) is 19.2 Å². The van der Waals surface area contributed by atoms with Crippen molar-refractivity contribution in [3.63, 3.8) is 0 Å². The van der Waals surface area contributed by atoms with Gasteiger partial charge in [-0.15, -0.1) is 0 Å². The average molecular weight is 179 g/mol. The van der Waals surface area contributed by atoms with Crippen LogP contribution in [-0.4, -0.2) is 15.8 Å². The smallest absolute Gasteiger partial charge is 0.109 e. The molecule has 0 saturated carbocycles. The van der Waals surface area contributed by atoms with Gasteiger partial charge in [-0.05, 0) is 18.7 Å². The first-order chi connectivity index (χ1) is 5.92. The van der Waals surface area contributed by atoms with Crippen molar-refractivity contribution in [2.75, 3.05) is 7.05 Å². The summed E-state index contributed by atoms with van der Waals surface area (Å²) in [6, 6.07) is 6.06. The molecule has 0 atom stereocenters. The summed E-state index contributed by atoms with van der Waals surface area (Å²) in [6.07, 6.45) is 0. The lowest BCUT2D eigenvalue weighted by Gasteiger charge is -1.98. The maximum absolute atomic E-state index is 4.23. The van der Waals surface area contributed by atoms with Crippen molar-refractivity contribution in [1.82, 2.24) is 14.1 Å². The zero-order valence-corrected chi connectivity index (χ0v) is 7.56. The Kier molecular flexibility index (Phi) is 2.01. The van der Waals surface area contributed by atoms with E-state index in [4.69, 9.17) is 0 Å². The summed E-state index contributed by atoms with van der Waals surface area (Å²) >= 11 is 1.27. The number of aromatic nitrogens is 2. The van der Waals surface area contributed by atoms with E-state index in [1.54, 1.807) is 0 Å². The van der Waals surface area contributed by atoms with Gasteiger partial charge in [-0.25, -0.2) is 0 Å². The molecule has 1 aromatic carbocycles. The summed E-state index contributed by atoms with van der Waals surface area (Å²) in [4.78, 5) is 0. The Hall–Kier alpha value is -1.00. The van der Waals surface area contributed by atoms with Gasteiger partial charge >= 0.3 is 0 Å². The van der Waals surface area contributed by atoms with Crippen molar-refractivity contribution in [1.29, 1.82) is 0 Å². The van der Waals surface area contributed by atoms with Gasteiger partial charge in [0.05, 0.1) is 11.7 Å². The second-order valence-corrected chi connectivity index (χ2v) is 3.11. The lowest BCUT2D eigenvalue weighted by atomic mass is 10.2. The molecule has 3 nitrogen and oxygen atoms in total. The topological polar surface area (TPSA) is 37.8 Å². The molecule has 12 heavy (non-hydrogen) atoms. The number of hydrogen-bond acceptors (Lipinski definition) is 4. The second kappa shape index (κ2) is 3.16. The Morgan fingerprint density at radius 1 is 1.42 bits per heavy atom. The van der Waals surface area contributed by atoms with E-state index in [0.29, 0.717) is 0 Å². The van der Waals surface area contributed by atoms with Crippen molar-refractivity contribution < 1.29 is 0 Å². The molecule has 2 rings (SSSR count). The second-order valence-electron chi connectivity index (χ2n) is 2.58. The molecule has 1 heterocycles. The van der Waals surface area contributed by atoms with E-state index in [1.165, 1.54) is 17.3 Å². The third kappa shape index (κ3) is 1.19. The Morgan fingerprint density at radius 2 is 2.33 bits per heavy atom. The van der Waals surface area contributed by atoms with Gasteiger partial charge in [0.1, 0.15) is 11.0 Å². The summed E-state index contributed by atoms with van der Waals surface area (Å²) < 4.78 is 8.39. The summed E-state index contributed by atoms with van der Waals surface area (Å²) in [5.74, 6) is 0. The number of nitrogens with one attached hydrogen (secondary N) is 1. The first kappa shape index (κ1) is 7.64. The predicted molar refractivity (Wildman–Crippen MR) is 50.2 cm³/mol. The van der Waals surface area contributed by atoms with Gasteiger partial charge in [0, 0.05) is 6.54 Å². The first-order valence-corrected chi connectivity index (χ1v) is 4.49. The maximum atomic E-state index is 4.23. The average Bonchev–Trinajstić information content (AvgIpc) is 2.53. The molecular formula is C8H9N3S. The molecule has 0 unspecified atom stereocenters. The summed E-state index contributed by atoms with van der Waals surface area (Å²) in [5.41, 5.74) is 3.23. The lowest BCUT2D eigenvalue weighted by molar-refractivity contribution is 0.822. The zero-order chi connectivity index (χ0) is 8.39. The van der Waals surface area contributed by atoms with Crippen LogP contribution >= 0.6 is 11.7 Å². The molecule has 0 spiro atoms. The van der Waals surface area contributed by atoms with Gasteiger partial charge in [-0.1, -0.05) is 12.1 Å². The van der Waals surface area contributed by atoms with Crippen LogP contribution in [0.5, 0.6) is 0 Å². The van der Waals surface area contributed by atoms with Crippen molar-refractivity contribution >= 4 is 22.8 Å². The van der Waals surface area contributed by atoms with Crippen molar-refractivity contribution in [2.45, 2.75) is 6.54 Å². The number of nitrogens with zero attached hydrogens (tertiary/aromatic N) is 2. The van der Waals surface area contributed by atoms with Gasteiger partial charge in [0.2, 0.25) is 0 Å². The van der Waals surface area contributed by atoms with Gasteiger partial charge in [-0.3, -0.25) is 0 Å². The summed E-state index contributed by atoms with van der Waals surface area (Å²) in [5, 5.41) is 3.10. The van der Waals surface area contributed by atoms with Crippen LogP contribution in [0.2, 0.25) is 0 Å². The molecule has 0 aliphatic carbocycles. The minimum Gasteiger partial charge on any atom is -0.316 e. The molecule has 0 radical (unpaired) electrons. The first-order valence-electron chi connectivity index (χ1n) is 3.76. The van der Waals surface area contributed by atoms with Crippen LogP contribution in [0, 0.1) is 0 Å². The van der Waals surface area contributed by atoms with Crippen LogP contribution < -0.4 is 5.32 Å². The third-order valence-corrected chi connectivity index (χ3v) is 2.28. The van der Waals surface area contributed by atoms with Gasteiger partial charge in [-0.2, -0.15) is 8.75 Å². The minimum atomic E-state index is 0.850. The molecule has 0 amide bonds. The zero-order valence-electron chi connectivity index (χ0n) is 6.74. The number of fused-ring (bicyclic) bond motifs is 1. The number of benzene rings is 1. The van der Waals surface area contributed by atoms with Crippen molar-refractivity contribution in [2.24, 2.45) is 0 Å². The Labute approximate surface area is 74.8 Å². The normalized spacial score (nSPS) is 10.8. The minimum absolute atomic E-state index is 0.850. The molecule has 0 aliphatic rings. The van der Waals surface area contributed by atoms with Crippen LogP contribution in [0.25, 0.3) is 11.0 Å². The van der Waals surface area contributed by atoms with Crippen molar-refractivity contribution in [3.8, 4) is 0 Å². The molecule has 0 saturated heterocycles. The van der Waals surface area contributed by atoms with Crippen LogP contribution in [0.4, 0.5) is 0 Å². The monoisotopic (exact) mass is 179 g/mol.